The molecular weight excluding hydrogens is 335 g/mol. The monoisotopic (exact) mass is 349 g/mol. The van der Waals surface area contributed by atoms with Crippen molar-refractivity contribution >= 4 is 44.2 Å². The third kappa shape index (κ3) is 4.26. The lowest BCUT2D eigenvalue weighted by molar-refractivity contribution is -0.751. The van der Waals surface area contributed by atoms with Crippen molar-refractivity contribution in [2.24, 2.45) is 0 Å². The Morgan fingerprint density at radius 1 is 1.33 bits per heavy atom. The van der Waals surface area contributed by atoms with Crippen LogP contribution in [0.3, 0.4) is 0 Å². The average Bonchev–Trinajstić information content (AvgIpc) is 2.46. The maximum atomic E-state index is 11.3. The number of alkyl halides is 2. The molecule has 0 unspecified atom stereocenters. The zero-order valence-electron chi connectivity index (χ0n) is 11.4. The van der Waals surface area contributed by atoms with E-state index in [2.05, 4.69) is 9.28 Å². The molecule has 0 amide bonds. The Bertz CT molecular complexity index is 735. The number of aryl methyl sites for hydroxylation is 1. The molecule has 0 aliphatic rings. The lowest BCUT2D eigenvalue weighted by Gasteiger charge is -2.05. The molecule has 8 heteroatoms. The van der Waals surface area contributed by atoms with Gasteiger partial charge in [0, 0.05) is 16.9 Å². The van der Waals surface area contributed by atoms with Crippen LogP contribution in [0.5, 0.6) is 0 Å². The molecule has 0 fully saturated rings. The second-order valence-corrected chi connectivity index (χ2v) is 7.40. The lowest BCUT2D eigenvalue weighted by atomic mass is 10.1. The van der Waals surface area contributed by atoms with Crippen LogP contribution >= 0.6 is 23.2 Å². The quantitative estimate of drug-likeness (QED) is 0.456. The molecule has 2 aromatic rings. The molecule has 0 aliphatic heterocycles. The van der Waals surface area contributed by atoms with Gasteiger partial charge in [-0.1, -0.05) is 46.1 Å². The molecule has 2 rings (SSSR count). The molecule has 0 saturated carbocycles. The molecule has 0 bridgehead atoms. The predicted molar refractivity (Wildman–Crippen MR) is 81.8 cm³/mol. The first-order valence-electron chi connectivity index (χ1n) is 6.29. The third-order valence-corrected chi connectivity index (χ3v) is 4.78. The van der Waals surface area contributed by atoms with Crippen LogP contribution in [-0.2, 0) is 20.8 Å². The number of benzene rings is 1. The highest BCUT2D eigenvalue weighted by Crippen LogP contribution is 2.29. The molecule has 0 aliphatic carbocycles. The van der Waals surface area contributed by atoms with Crippen LogP contribution in [0, 0.1) is 0 Å². The van der Waals surface area contributed by atoms with Gasteiger partial charge in [0.25, 0.3) is 10.1 Å². The molecule has 0 spiro atoms. The van der Waals surface area contributed by atoms with Crippen molar-refractivity contribution in [2.45, 2.75) is 17.8 Å². The molecule has 0 saturated heterocycles. The van der Waals surface area contributed by atoms with E-state index in [9.17, 15) is 8.42 Å². The van der Waals surface area contributed by atoms with Gasteiger partial charge in [0.2, 0.25) is 6.20 Å². The van der Waals surface area contributed by atoms with Gasteiger partial charge in [0.15, 0.2) is 6.54 Å². The summed E-state index contributed by atoms with van der Waals surface area (Å²) in [6.07, 6.45) is 2.13. The lowest BCUT2D eigenvalue weighted by Crippen LogP contribution is -2.39. The molecule has 1 heterocycles. The average molecular weight is 350 g/mol. The normalized spacial score (nSPS) is 12.2. The summed E-state index contributed by atoms with van der Waals surface area (Å²) in [7, 11) is -2.30. The summed E-state index contributed by atoms with van der Waals surface area (Å²) in [5.74, 6) is -0.0640. The maximum Gasteiger partial charge on any atom is 0.267 e. The molecule has 114 valence electrons. The molecule has 5 nitrogen and oxygen atoms in total. The van der Waals surface area contributed by atoms with Crippen LogP contribution in [0.4, 0.5) is 0 Å². The third-order valence-electron chi connectivity index (χ3n) is 3.01. The predicted octanol–water partition coefficient (Wildman–Crippen LogP) is 2.36. The number of aromatic nitrogens is 2. The van der Waals surface area contributed by atoms with Gasteiger partial charge in [-0.25, -0.2) is 0 Å². The number of fused-ring (bicyclic) bond motifs is 1. The Hall–Kier alpha value is -0.950. The van der Waals surface area contributed by atoms with E-state index in [-0.39, 0.29) is 5.75 Å². The van der Waals surface area contributed by atoms with Crippen LogP contribution < -0.4 is 4.68 Å². The summed E-state index contributed by atoms with van der Waals surface area (Å²) in [6, 6.07) is 7.52. The highest BCUT2D eigenvalue weighted by atomic mass is 35.5. The Balaban J connectivity index is 2.25. The van der Waals surface area contributed by atoms with Crippen molar-refractivity contribution in [3.05, 3.63) is 36.0 Å². The van der Waals surface area contributed by atoms with E-state index in [1.165, 1.54) is 0 Å². The Labute approximate surface area is 133 Å². The SMILES string of the molecule is COS(=O)(=O)CCC[n+]1cc(C(Cl)Cl)c2ccccc2n1. The van der Waals surface area contributed by atoms with Crippen molar-refractivity contribution in [3.8, 4) is 0 Å². The summed E-state index contributed by atoms with van der Waals surface area (Å²) in [5, 5.41) is 5.31. The van der Waals surface area contributed by atoms with Crippen molar-refractivity contribution in [1.29, 1.82) is 0 Å². The van der Waals surface area contributed by atoms with Crippen molar-refractivity contribution in [3.63, 3.8) is 0 Å². The van der Waals surface area contributed by atoms with Gasteiger partial charge in [-0.15, -0.1) is 0 Å². The zero-order chi connectivity index (χ0) is 15.5. The van der Waals surface area contributed by atoms with Gasteiger partial charge in [-0.2, -0.15) is 8.42 Å². The summed E-state index contributed by atoms with van der Waals surface area (Å²) in [4.78, 5) is -0.674. The van der Waals surface area contributed by atoms with E-state index in [0.29, 0.717) is 13.0 Å². The standard InChI is InChI=1S/C13H15Cl2N2O3S/c1-20-21(18,19)8-4-7-17-9-11(13(14)15)10-5-2-3-6-12(10)16-17/h2-3,5-6,9,13H,4,7-8H2,1H3/q+1. The van der Waals surface area contributed by atoms with Gasteiger partial charge >= 0.3 is 0 Å². The number of hydrogen-bond donors (Lipinski definition) is 0. The summed E-state index contributed by atoms with van der Waals surface area (Å²) >= 11 is 12.0. The van der Waals surface area contributed by atoms with Gasteiger partial charge in [-0.05, 0) is 6.07 Å². The molecule has 0 radical (unpaired) electrons. The van der Waals surface area contributed by atoms with E-state index in [0.717, 1.165) is 23.6 Å². The topological polar surface area (TPSA) is 60.1 Å². The molecular formula is C13H15Cl2N2O3S+. The Kier molecular flexibility index (Phi) is 5.37. The van der Waals surface area contributed by atoms with Crippen LogP contribution in [0.2, 0.25) is 0 Å². The van der Waals surface area contributed by atoms with Crippen molar-refractivity contribution < 1.29 is 17.3 Å². The Morgan fingerprint density at radius 3 is 2.71 bits per heavy atom. The Morgan fingerprint density at radius 2 is 2.05 bits per heavy atom. The fraction of sp³-hybridized carbons (Fsp3) is 0.385. The van der Waals surface area contributed by atoms with E-state index in [1.807, 2.05) is 24.3 Å². The van der Waals surface area contributed by atoms with E-state index in [1.54, 1.807) is 10.9 Å². The van der Waals surface area contributed by atoms with Crippen LogP contribution in [0.1, 0.15) is 16.8 Å². The van der Waals surface area contributed by atoms with Crippen molar-refractivity contribution in [1.82, 2.24) is 5.10 Å². The van der Waals surface area contributed by atoms with Crippen LogP contribution in [0.25, 0.3) is 10.9 Å². The number of hydrogen-bond acceptors (Lipinski definition) is 4. The molecule has 1 aromatic heterocycles. The van der Waals surface area contributed by atoms with Crippen LogP contribution in [-0.4, -0.2) is 26.4 Å². The second-order valence-electron chi connectivity index (χ2n) is 4.45. The fourth-order valence-corrected chi connectivity index (χ4v) is 2.97. The zero-order valence-corrected chi connectivity index (χ0v) is 13.7. The first-order chi connectivity index (χ1) is 9.93. The minimum Gasteiger partial charge on any atom is -0.273 e. The van der Waals surface area contributed by atoms with Crippen LogP contribution in [0.15, 0.2) is 30.5 Å². The highest BCUT2D eigenvalue weighted by molar-refractivity contribution is 7.86. The summed E-state index contributed by atoms with van der Waals surface area (Å²) in [5.41, 5.74) is 1.51. The number of rotatable bonds is 6. The highest BCUT2D eigenvalue weighted by Gasteiger charge is 2.17. The number of nitrogens with zero attached hydrogens (tertiary/aromatic N) is 2. The molecule has 0 atom stereocenters. The largest absolute Gasteiger partial charge is 0.273 e. The van der Waals surface area contributed by atoms with E-state index >= 15 is 0 Å². The van der Waals surface area contributed by atoms with E-state index < -0.39 is 15.0 Å². The minimum atomic E-state index is -3.45. The van der Waals surface area contributed by atoms with Gasteiger partial charge in [-0.3, -0.25) is 4.18 Å². The molecule has 21 heavy (non-hydrogen) atoms. The summed E-state index contributed by atoms with van der Waals surface area (Å²) in [6.45, 7) is 0.431. The molecule has 1 aromatic carbocycles. The van der Waals surface area contributed by atoms with Gasteiger partial charge in [0.05, 0.1) is 18.4 Å². The van der Waals surface area contributed by atoms with Gasteiger partial charge in [0.1, 0.15) is 10.4 Å². The van der Waals surface area contributed by atoms with E-state index in [4.69, 9.17) is 23.2 Å². The fourth-order valence-electron chi connectivity index (χ4n) is 1.98. The summed E-state index contributed by atoms with van der Waals surface area (Å²) < 4.78 is 28.6. The first-order valence-corrected chi connectivity index (χ1v) is 8.74. The minimum absolute atomic E-state index is 0.0640. The second kappa shape index (κ2) is 6.87. The molecule has 0 N–H and O–H groups in total. The smallest absolute Gasteiger partial charge is 0.267 e. The van der Waals surface area contributed by atoms with Crippen molar-refractivity contribution in [2.75, 3.05) is 12.9 Å². The maximum absolute atomic E-state index is 11.3. The number of halogens is 2. The first kappa shape index (κ1) is 16.4. The van der Waals surface area contributed by atoms with Gasteiger partial charge < -0.3 is 0 Å².